The van der Waals surface area contributed by atoms with Crippen molar-refractivity contribution in [2.75, 3.05) is 6.61 Å². The number of nitro benzene ring substituents is 1. The van der Waals surface area contributed by atoms with E-state index in [9.17, 15) is 14.9 Å². The minimum absolute atomic E-state index is 0.00321. The molecule has 7 nitrogen and oxygen atoms in total. The van der Waals surface area contributed by atoms with Crippen molar-refractivity contribution >= 4 is 11.6 Å². The van der Waals surface area contributed by atoms with Crippen molar-refractivity contribution in [3.05, 3.63) is 46.2 Å². The minimum Gasteiger partial charge on any atom is -0.487 e. The lowest BCUT2D eigenvalue weighted by Crippen LogP contribution is -2.09. The first-order chi connectivity index (χ1) is 9.52. The van der Waals surface area contributed by atoms with Crippen molar-refractivity contribution in [2.45, 2.75) is 6.92 Å². The smallest absolute Gasteiger partial charge is 0.311 e. The molecule has 2 aromatic rings. The second-order valence-corrected chi connectivity index (χ2v) is 3.90. The molecular formula is C13H12N2O5. The third-order valence-corrected chi connectivity index (χ3v) is 2.59. The van der Waals surface area contributed by atoms with Gasteiger partial charge < -0.3 is 14.9 Å². The van der Waals surface area contributed by atoms with E-state index in [2.05, 4.69) is 0 Å². The first-order valence-electron chi connectivity index (χ1n) is 5.84. The van der Waals surface area contributed by atoms with E-state index >= 15 is 0 Å². The summed E-state index contributed by atoms with van der Waals surface area (Å²) in [5.74, 6) is -0.193. The molecule has 0 aliphatic heterocycles. The molecule has 1 heterocycles. The molecular weight excluding hydrogens is 264 g/mol. The Bertz CT molecular complexity index is 663. The van der Waals surface area contributed by atoms with E-state index < -0.39 is 10.8 Å². The van der Waals surface area contributed by atoms with Gasteiger partial charge in [0.25, 0.3) is 5.91 Å². The second-order valence-electron chi connectivity index (χ2n) is 3.90. The number of carbonyl (C=O) groups is 1. The Morgan fingerprint density at radius 1 is 1.40 bits per heavy atom. The second kappa shape index (κ2) is 5.43. The minimum atomic E-state index is -0.698. The molecule has 0 unspecified atom stereocenters. The van der Waals surface area contributed by atoms with E-state index in [0.29, 0.717) is 17.9 Å². The van der Waals surface area contributed by atoms with Crippen molar-refractivity contribution in [1.82, 2.24) is 0 Å². The zero-order valence-electron chi connectivity index (χ0n) is 10.7. The van der Waals surface area contributed by atoms with Crippen LogP contribution in [0.25, 0.3) is 11.3 Å². The van der Waals surface area contributed by atoms with Gasteiger partial charge in [0, 0.05) is 11.6 Å². The summed E-state index contributed by atoms with van der Waals surface area (Å²) in [6, 6.07) is 7.37. The molecule has 0 aliphatic rings. The first-order valence-corrected chi connectivity index (χ1v) is 5.84. The predicted molar refractivity (Wildman–Crippen MR) is 70.5 cm³/mol. The Hall–Kier alpha value is -2.83. The summed E-state index contributed by atoms with van der Waals surface area (Å²) in [6.45, 7) is 2.07. The van der Waals surface area contributed by atoms with Crippen LogP contribution in [0.5, 0.6) is 5.75 Å². The molecule has 1 aromatic carbocycles. The van der Waals surface area contributed by atoms with Gasteiger partial charge in [-0.15, -0.1) is 0 Å². The number of nitrogens with two attached hydrogens (primary N) is 1. The zero-order chi connectivity index (χ0) is 14.7. The van der Waals surface area contributed by atoms with Gasteiger partial charge in [0.05, 0.1) is 11.5 Å². The highest BCUT2D eigenvalue weighted by atomic mass is 16.6. The molecule has 104 valence electrons. The fraction of sp³-hybridized carbons (Fsp3) is 0.154. The molecule has 0 atom stereocenters. The van der Waals surface area contributed by atoms with Crippen LogP contribution in [0.2, 0.25) is 0 Å². The van der Waals surface area contributed by atoms with E-state index in [-0.39, 0.29) is 17.2 Å². The summed E-state index contributed by atoms with van der Waals surface area (Å²) in [5, 5.41) is 11.0. The van der Waals surface area contributed by atoms with Gasteiger partial charge >= 0.3 is 5.69 Å². The third-order valence-electron chi connectivity index (χ3n) is 2.59. The van der Waals surface area contributed by atoms with E-state index in [1.54, 1.807) is 13.0 Å². The van der Waals surface area contributed by atoms with Crippen molar-refractivity contribution in [3.63, 3.8) is 0 Å². The van der Waals surface area contributed by atoms with Crippen molar-refractivity contribution in [3.8, 4) is 17.1 Å². The number of hydrogen-bond acceptors (Lipinski definition) is 5. The van der Waals surface area contributed by atoms with Crippen molar-refractivity contribution < 1.29 is 18.9 Å². The van der Waals surface area contributed by atoms with Gasteiger partial charge in [-0.3, -0.25) is 14.9 Å². The van der Waals surface area contributed by atoms with E-state index in [4.69, 9.17) is 14.9 Å². The van der Waals surface area contributed by atoms with Crippen LogP contribution in [0.15, 0.2) is 34.7 Å². The van der Waals surface area contributed by atoms with Crippen molar-refractivity contribution in [2.24, 2.45) is 5.73 Å². The van der Waals surface area contributed by atoms with Gasteiger partial charge in [0.1, 0.15) is 5.76 Å². The molecule has 0 fully saturated rings. The number of nitro groups is 1. The number of primary amides is 1. The summed E-state index contributed by atoms with van der Waals surface area (Å²) in [7, 11) is 0. The Morgan fingerprint density at radius 2 is 2.15 bits per heavy atom. The molecule has 0 radical (unpaired) electrons. The maximum atomic E-state index is 11.0. The third kappa shape index (κ3) is 2.61. The molecule has 0 spiro atoms. The van der Waals surface area contributed by atoms with Gasteiger partial charge in [-0.05, 0) is 31.2 Å². The van der Waals surface area contributed by atoms with Crippen LogP contribution in [0.1, 0.15) is 17.5 Å². The van der Waals surface area contributed by atoms with Crippen molar-refractivity contribution in [1.29, 1.82) is 0 Å². The summed E-state index contributed by atoms with van der Waals surface area (Å²) < 4.78 is 10.4. The van der Waals surface area contributed by atoms with Gasteiger partial charge in [0.2, 0.25) is 0 Å². The van der Waals surface area contributed by atoms with E-state index in [1.165, 1.54) is 24.3 Å². The van der Waals surface area contributed by atoms with Crippen LogP contribution < -0.4 is 10.5 Å². The van der Waals surface area contributed by atoms with Crippen LogP contribution in [0.3, 0.4) is 0 Å². The number of rotatable bonds is 5. The number of ether oxygens (including phenoxy) is 1. The molecule has 20 heavy (non-hydrogen) atoms. The Kier molecular flexibility index (Phi) is 3.69. The number of benzene rings is 1. The highest BCUT2D eigenvalue weighted by molar-refractivity contribution is 5.90. The van der Waals surface area contributed by atoms with E-state index in [1.807, 2.05) is 0 Å². The Morgan fingerprint density at radius 3 is 2.70 bits per heavy atom. The first kappa shape index (κ1) is 13.6. The monoisotopic (exact) mass is 276 g/mol. The SMILES string of the molecule is CCOc1ccc(-c2ccc(C(N)=O)o2)cc1[N+](=O)[O-]. The van der Waals surface area contributed by atoms with Crippen LogP contribution in [0.4, 0.5) is 5.69 Å². The average Bonchev–Trinajstić information content (AvgIpc) is 2.89. The molecule has 1 aromatic heterocycles. The topological polar surface area (TPSA) is 109 Å². The standard InChI is InChI=1S/C13H12N2O5/c1-2-19-11-4-3-8(7-9(11)15(17)18)10-5-6-12(20-10)13(14)16/h3-7H,2H2,1H3,(H2,14,16). The van der Waals surface area contributed by atoms with Crippen LogP contribution in [-0.4, -0.2) is 17.4 Å². The summed E-state index contributed by atoms with van der Waals surface area (Å²) in [4.78, 5) is 21.4. The lowest BCUT2D eigenvalue weighted by Gasteiger charge is -2.05. The number of amides is 1. The van der Waals surface area contributed by atoms with Gasteiger partial charge in [-0.2, -0.15) is 0 Å². The molecule has 0 saturated heterocycles. The summed E-state index contributed by atoms with van der Waals surface area (Å²) >= 11 is 0. The lowest BCUT2D eigenvalue weighted by molar-refractivity contribution is -0.385. The Labute approximate surface area is 114 Å². The normalized spacial score (nSPS) is 10.2. The van der Waals surface area contributed by atoms with Crippen LogP contribution in [-0.2, 0) is 0 Å². The van der Waals surface area contributed by atoms with Gasteiger partial charge in [0.15, 0.2) is 11.5 Å². The fourth-order valence-corrected chi connectivity index (χ4v) is 1.72. The molecule has 2 N–H and O–H groups in total. The largest absolute Gasteiger partial charge is 0.487 e. The van der Waals surface area contributed by atoms with Crippen LogP contribution >= 0.6 is 0 Å². The molecule has 0 aliphatic carbocycles. The lowest BCUT2D eigenvalue weighted by atomic mass is 10.1. The van der Waals surface area contributed by atoms with Gasteiger partial charge in [-0.1, -0.05) is 0 Å². The Balaban J connectivity index is 2.44. The number of furan rings is 1. The molecule has 2 rings (SSSR count). The summed E-state index contributed by atoms with van der Waals surface area (Å²) in [6.07, 6.45) is 0. The average molecular weight is 276 g/mol. The molecule has 0 bridgehead atoms. The quantitative estimate of drug-likeness (QED) is 0.666. The fourth-order valence-electron chi connectivity index (χ4n) is 1.72. The molecule has 0 saturated carbocycles. The van der Waals surface area contributed by atoms with E-state index in [0.717, 1.165) is 0 Å². The number of nitrogens with zero attached hydrogens (tertiary/aromatic N) is 1. The maximum absolute atomic E-state index is 11.0. The molecule has 7 heteroatoms. The predicted octanol–water partition coefficient (Wildman–Crippen LogP) is 2.35. The van der Waals surface area contributed by atoms with Gasteiger partial charge in [-0.25, -0.2) is 0 Å². The van der Waals surface area contributed by atoms with Crippen LogP contribution in [0, 0.1) is 10.1 Å². The number of carbonyl (C=O) groups excluding carboxylic acids is 1. The summed E-state index contributed by atoms with van der Waals surface area (Å²) in [5.41, 5.74) is 5.39. The number of hydrogen-bond donors (Lipinski definition) is 1. The highest BCUT2D eigenvalue weighted by Crippen LogP contribution is 2.33. The highest BCUT2D eigenvalue weighted by Gasteiger charge is 2.18. The molecule has 1 amide bonds. The zero-order valence-corrected chi connectivity index (χ0v) is 10.7. The maximum Gasteiger partial charge on any atom is 0.311 e.